The molecule has 0 amide bonds. The minimum absolute atomic E-state index is 0.00699. The monoisotopic (exact) mass is 280 g/mol. The van der Waals surface area contributed by atoms with E-state index >= 15 is 0 Å². The van der Waals surface area contributed by atoms with Gasteiger partial charge in [-0.15, -0.1) is 0 Å². The Balaban J connectivity index is 2.00. The highest BCUT2D eigenvalue weighted by molar-refractivity contribution is 4.93. The van der Waals surface area contributed by atoms with E-state index in [1.165, 1.54) is 32.1 Å². The summed E-state index contributed by atoms with van der Waals surface area (Å²) in [5, 5.41) is 4.21. The number of aromatic nitrogens is 3. The molecular formula is C15H28N4O. The Labute approximate surface area is 121 Å². The third kappa shape index (κ3) is 3.79. The van der Waals surface area contributed by atoms with Crippen molar-refractivity contribution in [1.29, 1.82) is 0 Å². The van der Waals surface area contributed by atoms with Crippen LogP contribution in [0, 0.1) is 5.92 Å². The van der Waals surface area contributed by atoms with Gasteiger partial charge in [-0.05, 0) is 32.6 Å². The molecule has 2 unspecified atom stereocenters. The molecule has 1 saturated carbocycles. The quantitative estimate of drug-likeness (QED) is 0.831. The molecule has 1 aliphatic rings. The smallest absolute Gasteiger partial charge is 0.138 e. The van der Waals surface area contributed by atoms with Gasteiger partial charge in [-0.1, -0.05) is 19.3 Å². The first kappa shape index (κ1) is 15.4. The van der Waals surface area contributed by atoms with Gasteiger partial charge in [0, 0.05) is 25.6 Å². The molecule has 5 heteroatoms. The summed E-state index contributed by atoms with van der Waals surface area (Å²) in [5.41, 5.74) is 6.44. The van der Waals surface area contributed by atoms with Gasteiger partial charge in [0.1, 0.15) is 12.2 Å². The number of nitrogens with zero attached hydrogens (tertiary/aromatic N) is 3. The van der Waals surface area contributed by atoms with Crippen molar-refractivity contribution in [3.05, 3.63) is 12.2 Å². The Hall–Kier alpha value is -0.940. The second kappa shape index (κ2) is 7.74. The van der Waals surface area contributed by atoms with Crippen LogP contribution >= 0.6 is 0 Å². The lowest BCUT2D eigenvalue weighted by Gasteiger charge is -2.33. The van der Waals surface area contributed by atoms with Crippen molar-refractivity contribution in [2.45, 2.75) is 71.1 Å². The number of ether oxygens (including phenoxy) is 1. The number of hydrogen-bond donors (Lipinski definition) is 1. The Morgan fingerprint density at radius 1 is 1.35 bits per heavy atom. The first-order chi connectivity index (χ1) is 9.76. The maximum Gasteiger partial charge on any atom is 0.138 e. The molecule has 2 rings (SSSR count). The van der Waals surface area contributed by atoms with Gasteiger partial charge in [0.05, 0.1) is 6.10 Å². The molecule has 0 saturated heterocycles. The first-order valence-corrected chi connectivity index (χ1v) is 8.00. The maximum absolute atomic E-state index is 6.44. The second-order valence-corrected chi connectivity index (χ2v) is 5.68. The average Bonchev–Trinajstić information content (AvgIpc) is 2.92. The molecule has 2 atom stereocenters. The van der Waals surface area contributed by atoms with Crippen molar-refractivity contribution in [1.82, 2.24) is 14.8 Å². The number of aryl methyl sites for hydroxylation is 1. The molecule has 1 fully saturated rings. The summed E-state index contributed by atoms with van der Waals surface area (Å²) >= 11 is 0. The molecule has 1 heterocycles. The summed E-state index contributed by atoms with van der Waals surface area (Å²) in [4.78, 5) is 4.33. The largest absolute Gasteiger partial charge is 0.377 e. The Morgan fingerprint density at radius 3 is 2.75 bits per heavy atom. The van der Waals surface area contributed by atoms with Gasteiger partial charge in [-0.25, -0.2) is 4.98 Å². The van der Waals surface area contributed by atoms with Crippen molar-refractivity contribution in [2.24, 2.45) is 11.7 Å². The lowest BCUT2D eigenvalue weighted by Crippen LogP contribution is -2.44. The van der Waals surface area contributed by atoms with Crippen LogP contribution in [-0.4, -0.2) is 33.5 Å². The molecule has 0 radical (unpaired) electrons. The van der Waals surface area contributed by atoms with Crippen LogP contribution in [0.5, 0.6) is 0 Å². The molecule has 0 spiro atoms. The molecular weight excluding hydrogens is 252 g/mol. The lowest BCUT2D eigenvalue weighted by molar-refractivity contribution is -0.00964. The summed E-state index contributed by atoms with van der Waals surface area (Å²) in [6, 6.07) is 0.00699. The number of nitrogens with two attached hydrogens (primary N) is 1. The van der Waals surface area contributed by atoms with Crippen molar-refractivity contribution in [3.63, 3.8) is 0 Å². The maximum atomic E-state index is 6.44. The highest BCUT2D eigenvalue weighted by atomic mass is 16.5. The minimum atomic E-state index is 0.00699. The van der Waals surface area contributed by atoms with E-state index in [0.717, 1.165) is 25.4 Å². The predicted molar refractivity (Wildman–Crippen MR) is 79.4 cm³/mol. The van der Waals surface area contributed by atoms with Gasteiger partial charge in [-0.2, -0.15) is 5.10 Å². The van der Waals surface area contributed by atoms with E-state index in [1.54, 1.807) is 6.33 Å². The van der Waals surface area contributed by atoms with Crippen molar-refractivity contribution in [3.8, 4) is 0 Å². The third-order valence-corrected chi connectivity index (χ3v) is 4.31. The van der Waals surface area contributed by atoms with Crippen LogP contribution in [0.3, 0.4) is 0 Å². The van der Waals surface area contributed by atoms with Crippen LogP contribution in [0.1, 0.15) is 51.8 Å². The summed E-state index contributed by atoms with van der Waals surface area (Å²) < 4.78 is 7.90. The van der Waals surface area contributed by atoms with Gasteiger partial charge in [0.15, 0.2) is 0 Å². The van der Waals surface area contributed by atoms with Crippen LogP contribution in [0.4, 0.5) is 0 Å². The van der Waals surface area contributed by atoms with Crippen LogP contribution < -0.4 is 5.73 Å². The van der Waals surface area contributed by atoms with Crippen LogP contribution in [-0.2, 0) is 17.7 Å². The molecule has 0 aromatic carbocycles. The predicted octanol–water partition coefficient (Wildman–Crippen LogP) is 2.15. The molecule has 20 heavy (non-hydrogen) atoms. The topological polar surface area (TPSA) is 66.0 Å². The van der Waals surface area contributed by atoms with E-state index in [2.05, 4.69) is 23.9 Å². The van der Waals surface area contributed by atoms with E-state index in [1.807, 2.05) is 4.68 Å². The molecule has 114 valence electrons. The van der Waals surface area contributed by atoms with E-state index in [9.17, 15) is 0 Å². The van der Waals surface area contributed by atoms with Crippen molar-refractivity contribution in [2.75, 3.05) is 6.61 Å². The van der Waals surface area contributed by atoms with Gasteiger partial charge in [-0.3, -0.25) is 4.68 Å². The zero-order valence-corrected chi connectivity index (χ0v) is 12.8. The van der Waals surface area contributed by atoms with E-state index in [0.29, 0.717) is 5.92 Å². The van der Waals surface area contributed by atoms with Crippen molar-refractivity contribution >= 4 is 0 Å². The van der Waals surface area contributed by atoms with Crippen LogP contribution in [0.2, 0.25) is 0 Å². The number of rotatable bonds is 7. The average molecular weight is 280 g/mol. The second-order valence-electron chi connectivity index (χ2n) is 5.68. The molecule has 1 aromatic rings. The Kier molecular flexibility index (Phi) is 5.98. The summed E-state index contributed by atoms with van der Waals surface area (Å²) in [6.45, 7) is 5.70. The number of hydrogen-bond acceptors (Lipinski definition) is 4. The molecule has 0 aliphatic heterocycles. The SMILES string of the molecule is CCOC(C(N)Cc1ncnn1CC)C1CCCCC1. The van der Waals surface area contributed by atoms with E-state index < -0.39 is 0 Å². The molecule has 5 nitrogen and oxygen atoms in total. The third-order valence-electron chi connectivity index (χ3n) is 4.31. The Bertz CT molecular complexity index is 387. The molecule has 2 N–H and O–H groups in total. The normalized spacial score (nSPS) is 19.9. The highest BCUT2D eigenvalue weighted by Gasteiger charge is 2.30. The molecule has 1 aliphatic carbocycles. The van der Waals surface area contributed by atoms with Crippen LogP contribution in [0.25, 0.3) is 0 Å². The van der Waals surface area contributed by atoms with Gasteiger partial charge < -0.3 is 10.5 Å². The fourth-order valence-electron chi connectivity index (χ4n) is 3.30. The summed E-state index contributed by atoms with van der Waals surface area (Å²) in [5.74, 6) is 1.58. The van der Waals surface area contributed by atoms with Gasteiger partial charge >= 0.3 is 0 Å². The minimum Gasteiger partial charge on any atom is -0.377 e. The summed E-state index contributed by atoms with van der Waals surface area (Å²) in [7, 11) is 0. The standard InChI is InChI=1S/C15H28N4O/c1-3-19-14(17-11-18-19)10-13(16)15(20-4-2)12-8-6-5-7-9-12/h11-13,15H,3-10,16H2,1-2H3. The zero-order chi connectivity index (χ0) is 14.4. The fourth-order valence-corrected chi connectivity index (χ4v) is 3.30. The fraction of sp³-hybridized carbons (Fsp3) is 0.867. The first-order valence-electron chi connectivity index (χ1n) is 8.00. The summed E-state index contributed by atoms with van der Waals surface area (Å²) in [6.07, 6.45) is 8.99. The van der Waals surface area contributed by atoms with E-state index in [4.69, 9.17) is 10.5 Å². The van der Waals surface area contributed by atoms with Gasteiger partial charge in [0.2, 0.25) is 0 Å². The molecule has 0 bridgehead atoms. The Morgan fingerprint density at radius 2 is 2.10 bits per heavy atom. The zero-order valence-electron chi connectivity index (χ0n) is 12.8. The van der Waals surface area contributed by atoms with Gasteiger partial charge in [0.25, 0.3) is 0 Å². The van der Waals surface area contributed by atoms with Crippen molar-refractivity contribution < 1.29 is 4.74 Å². The van der Waals surface area contributed by atoms with Crippen LogP contribution in [0.15, 0.2) is 6.33 Å². The molecule has 1 aromatic heterocycles. The lowest BCUT2D eigenvalue weighted by atomic mass is 9.82. The van der Waals surface area contributed by atoms with E-state index in [-0.39, 0.29) is 12.1 Å². The highest BCUT2D eigenvalue weighted by Crippen LogP contribution is 2.29.